The lowest BCUT2D eigenvalue weighted by molar-refractivity contribution is -0.136. The Kier molecular flexibility index (Phi) is 4.04. The number of carbonyl (C=O) groups excluding carboxylic acids is 1. The summed E-state index contributed by atoms with van der Waals surface area (Å²) in [7, 11) is 0. The average molecular weight is 330 g/mol. The lowest BCUT2D eigenvalue weighted by atomic mass is 10.0. The number of benzene rings is 1. The monoisotopic (exact) mass is 330 g/mol. The predicted molar refractivity (Wildman–Crippen MR) is 85.0 cm³/mol. The van der Waals surface area contributed by atoms with Crippen LogP contribution in [0.25, 0.3) is 0 Å². The number of aromatic amines is 1. The maximum Gasteiger partial charge on any atom is 0.317 e. The number of fused-ring (bicyclic) bond motifs is 1. The van der Waals surface area contributed by atoms with E-state index in [2.05, 4.69) is 9.97 Å². The zero-order valence-corrected chi connectivity index (χ0v) is 13.1. The summed E-state index contributed by atoms with van der Waals surface area (Å²) >= 11 is 1.06. The van der Waals surface area contributed by atoms with Crippen molar-refractivity contribution in [2.45, 2.75) is 29.5 Å². The second-order valence-electron chi connectivity index (χ2n) is 5.36. The van der Waals surface area contributed by atoms with Gasteiger partial charge in [0.05, 0.1) is 12.0 Å². The van der Waals surface area contributed by atoms with Crippen LogP contribution in [0.15, 0.2) is 40.2 Å². The molecule has 1 aliphatic rings. The van der Waals surface area contributed by atoms with Gasteiger partial charge in [-0.2, -0.15) is 0 Å². The Morgan fingerprint density at radius 2 is 2.00 bits per heavy atom. The molecule has 118 valence electrons. The number of aromatic nitrogens is 2. The molecule has 0 amide bonds. The van der Waals surface area contributed by atoms with Gasteiger partial charge in [0.25, 0.3) is 5.56 Å². The lowest BCUT2D eigenvalue weighted by Gasteiger charge is -2.07. The van der Waals surface area contributed by atoms with Gasteiger partial charge in [0.15, 0.2) is 5.78 Å². The fraction of sp³-hybridized carbons (Fsp3) is 0.250. The van der Waals surface area contributed by atoms with Crippen LogP contribution < -0.4 is 5.56 Å². The molecule has 1 aromatic heterocycles. The summed E-state index contributed by atoms with van der Waals surface area (Å²) in [6.45, 7) is 1.70. The molecule has 3 rings (SSSR count). The van der Waals surface area contributed by atoms with Crippen LogP contribution in [0.3, 0.4) is 0 Å². The number of thioether (sulfide) groups is 1. The molecule has 2 atom stereocenters. The van der Waals surface area contributed by atoms with Gasteiger partial charge in [0.2, 0.25) is 0 Å². The van der Waals surface area contributed by atoms with Gasteiger partial charge >= 0.3 is 5.97 Å². The van der Waals surface area contributed by atoms with E-state index < -0.39 is 17.1 Å². The first-order valence-corrected chi connectivity index (χ1v) is 7.96. The molecule has 0 fully saturated rings. The van der Waals surface area contributed by atoms with E-state index in [0.717, 1.165) is 11.8 Å². The zero-order chi connectivity index (χ0) is 16.6. The second-order valence-corrected chi connectivity index (χ2v) is 6.49. The smallest absolute Gasteiger partial charge is 0.317 e. The Balaban J connectivity index is 1.89. The molecule has 2 aromatic rings. The molecule has 23 heavy (non-hydrogen) atoms. The number of hydrogen-bond acceptors (Lipinski definition) is 5. The third-order valence-corrected chi connectivity index (χ3v) is 5.18. The number of ketones is 1. The van der Waals surface area contributed by atoms with E-state index in [1.54, 1.807) is 31.2 Å². The number of nitrogens with one attached hydrogen (secondary N) is 1. The zero-order valence-electron chi connectivity index (χ0n) is 12.3. The van der Waals surface area contributed by atoms with Crippen LogP contribution in [-0.4, -0.2) is 32.1 Å². The summed E-state index contributed by atoms with van der Waals surface area (Å²) in [6.07, 6.45) is -0.0286. The van der Waals surface area contributed by atoms with Crippen molar-refractivity contribution in [1.82, 2.24) is 9.97 Å². The van der Waals surface area contributed by atoms with E-state index in [9.17, 15) is 19.5 Å². The summed E-state index contributed by atoms with van der Waals surface area (Å²) in [5.74, 6) is -1.28. The van der Waals surface area contributed by atoms with Crippen molar-refractivity contribution < 1.29 is 14.7 Å². The average Bonchev–Trinajstić information content (AvgIpc) is 2.85. The maximum absolute atomic E-state index is 12.2. The molecule has 0 bridgehead atoms. The molecule has 6 nitrogen and oxygen atoms in total. The molecule has 0 saturated heterocycles. The molecule has 1 aliphatic heterocycles. The van der Waals surface area contributed by atoms with Crippen LogP contribution in [0.1, 0.15) is 34.6 Å². The largest absolute Gasteiger partial charge is 0.480 e. The van der Waals surface area contributed by atoms with Gasteiger partial charge in [0.1, 0.15) is 16.1 Å². The molecular weight excluding hydrogens is 316 g/mol. The quantitative estimate of drug-likeness (QED) is 0.655. The van der Waals surface area contributed by atoms with Crippen LogP contribution >= 0.6 is 11.8 Å². The van der Waals surface area contributed by atoms with Crippen LogP contribution in [-0.2, 0) is 11.2 Å². The number of rotatable bonds is 4. The highest BCUT2D eigenvalue weighted by Crippen LogP contribution is 2.42. The summed E-state index contributed by atoms with van der Waals surface area (Å²) < 4.78 is 0. The van der Waals surface area contributed by atoms with Crippen molar-refractivity contribution in [2.75, 3.05) is 0 Å². The minimum absolute atomic E-state index is 0.0286. The van der Waals surface area contributed by atoms with E-state index in [1.807, 2.05) is 6.07 Å². The molecule has 0 spiro atoms. The SMILES string of the molecule is CC1c2c(nc(CC(=O)c3ccccc3)[nH]c2=O)SC1C(=O)O. The van der Waals surface area contributed by atoms with E-state index in [1.165, 1.54) is 0 Å². The first kappa shape index (κ1) is 15.5. The van der Waals surface area contributed by atoms with Gasteiger partial charge in [-0.05, 0) is 0 Å². The Labute approximate surface area is 136 Å². The fourth-order valence-electron chi connectivity index (χ4n) is 2.60. The standard InChI is InChI=1S/C16H14N2O4S/c1-8-12-14(20)17-11(18-15(12)23-13(8)16(21)22)7-10(19)9-5-3-2-4-6-9/h2-6,8,13H,7H2,1H3,(H,21,22)(H,17,18,20). The van der Waals surface area contributed by atoms with Crippen LogP contribution in [0.4, 0.5) is 0 Å². The van der Waals surface area contributed by atoms with Crippen LogP contribution in [0.5, 0.6) is 0 Å². The molecule has 7 heteroatoms. The Morgan fingerprint density at radius 1 is 1.30 bits per heavy atom. The highest BCUT2D eigenvalue weighted by Gasteiger charge is 2.38. The number of carboxylic acids is 1. The molecule has 0 saturated carbocycles. The lowest BCUT2D eigenvalue weighted by Crippen LogP contribution is -2.24. The van der Waals surface area contributed by atoms with Crippen LogP contribution in [0.2, 0.25) is 0 Å². The molecule has 0 aliphatic carbocycles. The highest BCUT2D eigenvalue weighted by molar-refractivity contribution is 8.00. The van der Waals surface area contributed by atoms with E-state index >= 15 is 0 Å². The van der Waals surface area contributed by atoms with E-state index in [0.29, 0.717) is 16.2 Å². The first-order valence-electron chi connectivity index (χ1n) is 7.08. The first-order chi connectivity index (χ1) is 11.0. The van der Waals surface area contributed by atoms with Crippen molar-refractivity contribution in [3.8, 4) is 0 Å². The minimum atomic E-state index is -0.971. The number of carbonyl (C=O) groups is 2. The van der Waals surface area contributed by atoms with Crippen molar-refractivity contribution in [3.05, 3.63) is 57.6 Å². The molecule has 2 N–H and O–H groups in total. The highest BCUT2D eigenvalue weighted by atomic mass is 32.2. The molecule has 0 radical (unpaired) electrons. The Morgan fingerprint density at radius 3 is 2.65 bits per heavy atom. The molecule has 2 unspecified atom stereocenters. The summed E-state index contributed by atoms with van der Waals surface area (Å²) in [5.41, 5.74) is 0.563. The third kappa shape index (κ3) is 2.92. The Hall–Kier alpha value is -2.41. The number of Topliss-reactive ketones (excluding diaryl/α,β-unsaturated/α-hetero) is 1. The summed E-state index contributed by atoms with van der Waals surface area (Å²) in [6, 6.07) is 8.74. The number of H-pyrrole nitrogens is 1. The van der Waals surface area contributed by atoms with Gasteiger partial charge in [-0.3, -0.25) is 14.4 Å². The molecule has 1 aromatic carbocycles. The minimum Gasteiger partial charge on any atom is -0.480 e. The van der Waals surface area contributed by atoms with Crippen molar-refractivity contribution >= 4 is 23.5 Å². The van der Waals surface area contributed by atoms with Crippen LogP contribution in [0, 0.1) is 0 Å². The number of carboxylic acid groups (broad SMARTS) is 1. The summed E-state index contributed by atoms with van der Waals surface area (Å²) in [5, 5.41) is 8.88. The second kappa shape index (κ2) is 6.00. The van der Waals surface area contributed by atoms with Gasteiger partial charge in [-0.15, -0.1) is 0 Å². The van der Waals surface area contributed by atoms with Crippen molar-refractivity contribution in [1.29, 1.82) is 0 Å². The molecular formula is C16H14N2O4S. The van der Waals surface area contributed by atoms with Gasteiger partial charge < -0.3 is 10.1 Å². The predicted octanol–water partition coefficient (Wildman–Crippen LogP) is 1.86. The summed E-state index contributed by atoms with van der Waals surface area (Å²) in [4.78, 5) is 42.5. The van der Waals surface area contributed by atoms with Crippen molar-refractivity contribution in [2.24, 2.45) is 0 Å². The van der Waals surface area contributed by atoms with E-state index in [-0.39, 0.29) is 23.6 Å². The number of aliphatic carboxylic acids is 1. The Bertz CT molecular complexity index is 832. The maximum atomic E-state index is 12.2. The van der Waals surface area contributed by atoms with E-state index in [4.69, 9.17) is 0 Å². The number of hydrogen-bond donors (Lipinski definition) is 2. The fourth-order valence-corrected chi connectivity index (χ4v) is 3.85. The third-order valence-electron chi connectivity index (χ3n) is 3.78. The normalized spacial score (nSPS) is 19.3. The van der Waals surface area contributed by atoms with Gasteiger partial charge in [-0.1, -0.05) is 49.0 Å². The number of nitrogens with zero attached hydrogens (tertiary/aromatic N) is 1. The topological polar surface area (TPSA) is 100 Å². The van der Waals surface area contributed by atoms with Gasteiger partial charge in [0, 0.05) is 11.5 Å². The van der Waals surface area contributed by atoms with Crippen molar-refractivity contribution in [3.63, 3.8) is 0 Å². The van der Waals surface area contributed by atoms with Gasteiger partial charge in [-0.25, -0.2) is 4.98 Å². The molecule has 2 heterocycles.